The van der Waals surface area contributed by atoms with Gasteiger partial charge in [-0.25, -0.2) is 19.3 Å². The highest BCUT2D eigenvalue weighted by atomic mass is 19.1. The second-order valence-corrected chi connectivity index (χ2v) is 9.44. The smallest absolute Gasteiger partial charge is 0.254 e. The standard InChI is InChI=1S/C32H23FN6O3/c33-27-23(13-10-21(18-40)28(27)41)32(42)36-17-19-8-11-22(12-9-19)39-30(24-7-4-16-35-29(24)34)38-26-15-14-25(37-31(26)39)20-5-2-1-3-6-20/h1-16,18,41H,17H2,(H2,34,35)(H,36,42). The number of nitrogen functional groups attached to an aromatic ring is 1. The molecule has 3 aromatic carbocycles. The molecule has 206 valence electrons. The van der Waals surface area contributed by atoms with Crippen molar-refractivity contribution in [2.75, 3.05) is 5.73 Å². The number of hydrogen-bond acceptors (Lipinski definition) is 7. The molecule has 0 bridgehead atoms. The maximum atomic E-state index is 14.4. The first-order valence-corrected chi connectivity index (χ1v) is 12.9. The second-order valence-electron chi connectivity index (χ2n) is 9.44. The molecule has 0 saturated heterocycles. The Morgan fingerprint density at radius 2 is 1.74 bits per heavy atom. The minimum Gasteiger partial charge on any atom is -0.504 e. The summed E-state index contributed by atoms with van der Waals surface area (Å²) in [6.45, 7) is 0.0955. The number of nitrogens with zero attached hydrogens (tertiary/aromatic N) is 4. The molecule has 3 aromatic heterocycles. The maximum absolute atomic E-state index is 14.4. The van der Waals surface area contributed by atoms with Crippen LogP contribution in [0.1, 0.15) is 26.3 Å². The number of nitrogens with one attached hydrogen (secondary N) is 1. The van der Waals surface area contributed by atoms with Gasteiger partial charge in [0.25, 0.3) is 5.91 Å². The molecule has 0 spiro atoms. The van der Waals surface area contributed by atoms with Gasteiger partial charge in [0.1, 0.15) is 11.3 Å². The van der Waals surface area contributed by atoms with Crippen molar-refractivity contribution in [3.63, 3.8) is 0 Å². The molecule has 0 radical (unpaired) electrons. The van der Waals surface area contributed by atoms with Crippen LogP contribution in [0.15, 0.2) is 97.2 Å². The van der Waals surface area contributed by atoms with Crippen molar-refractivity contribution in [2.24, 2.45) is 0 Å². The fourth-order valence-electron chi connectivity index (χ4n) is 4.65. The maximum Gasteiger partial charge on any atom is 0.254 e. The Bertz CT molecular complexity index is 1960. The van der Waals surface area contributed by atoms with E-state index >= 15 is 0 Å². The first kappa shape index (κ1) is 26.3. The summed E-state index contributed by atoms with van der Waals surface area (Å²) in [7, 11) is 0. The molecule has 0 aliphatic rings. The van der Waals surface area contributed by atoms with Crippen LogP contribution < -0.4 is 11.1 Å². The third-order valence-electron chi connectivity index (χ3n) is 6.82. The third-order valence-corrected chi connectivity index (χ3v) is 6.82. The number of phenols is 1. The van der Waals surface area contributed by atoms with Crippen LogP contribution in [0.5, 0.6) is 5.75 Å². The Morgan fingerprint density at radius 1 is 0.952 bits per heavy atom. The van der Waals surface area contributed by atoms with Gasteiger partial charge in [0.2, 0.25) is 0 Å². The lowest BCUT2D eigenvalue weighted by atomic mass is 10.1. The number of benzene rings is 3. The van der Waals surface area contributed by atoms with Gasteiger partial charge in [0.15, 0.2) is 29.3 Å². The number of phenolic OH excluding ortho intramolecular Hbond substituents is 1. The average molecular weight is 559 g/mol. The Hall–Kier alpha value is -5.90. The largest absolute Gasteiger partial charge is 0.504 e. The predicted octanol–water partition coefficient (Wildman–Crippen LogP) is 5.32. The molecule has 9 nitrogen and oxygen atoms in total. The molecule has 10 heteroatoms. The third kappa shape index (κ3) is 4.81. The fourth-order valence-corrected chi connectivity index (χ4v) is 4.65. The summed E-state index contributed by atoms with van der Waals surface area (Å²) < 4.78 is 16.3. The molecule has 3 heterocycles. The minimum absolute atomic E-state index is 0.0955. The molecule has 0 aliphatic heterocycles. The monoisotopic (exact) mass is 558 g/mol. The molecule has 4 N–H and O–H groups in total. The van der Waals surface area contributed by atoms with E-state index in [2.05, 4.69) is 10.3 Å². The van der Waals surface area contributed by atoms with Crippen LogP contribution >= 0.6 is 0 Å². The minimum atomic E-state index is -1.15. The number of carbonyl (C=O) groups is 2. The van der Waals surface area contributed by atoms with Crippen molar-refractivity contribution in [3.05, 3.63) is 120 Å². The summed E-state index contributed by atoms with van der Waals surface area (Å²) >= 11 is 0. The molecule has 42 heavy (non-hydrogen) atoms. The molecule has 0 aliphatic carbocycles. The van der Waals surface area contributed by atoms with Crippen molar-refractivity contribution in [1.29, 1.82) is 0 Å². The zero-order valence-electron chi connectivity index (χ0n) is 22.0. The number of rotatable bonds is 7. The van der Waals surface area contributed by atoms with Crippen LogP contribution in [0.25, 0.3) is 39.5 Å². The number of nitrogens with two attached hydrogens (primary N) is 1. The number of carbonyl (C=O) groups excluding carboxylic acids is 2. The summed E-state index contributed by atoms with van der Waals surface area (Å²) in [6, 6.07) is 27.0. The summed E-state index contributed by atoms with van der Waals surface area (Å²) in [5.41, 5.74) is 10.8. The Labute approximate surface area is 239 Å². The molecule has 0 unspecified atom stereocenters. The number of amides is 1. The van der Waals surface area contributed by atoms with E-state index in [1.807, 2.05) is 77.4 Å². The SMILES string of the molecule is Nc1ncccc1-c1nc2ccc(-c3ccccc3)nc2n1-c1ccc(CNC(=O)c2ccc(C=O)c(O)c2F)cc1. The first-order valence-electron chi connectivity index (χ1n) is 12.9. The van der Waals surface area contributed by atoms with Gasteiger partial charge in [0.05, 0.1) is 22.4 Å². The van der Waals surface area contributed by atoms with Crippen LogP contribution in [0.3, 0.4) is 0 Å². The van der Waals surface area contributed by atoms with Crippen LogP contribution in [0.4, 0.5) is 10.2 Å². The highest BCUT2D eigenvalue weighted by molar-refractivity contribution is 5.96. The fraction of sp³-hybridized carbons (Fsp3) is 0.0312. The zero-order valence-corrected chi connectivity index (χ0v) is 22.0. The van der Waals surface area contributed by atoms with E-state index in [0.717, 1.165) is 28.6 Å². The Morgan fingerprint density at radius 3 is 2.48 bits per heavy atom. The topological polar surface area (TPSA) is 136 Å². The number of hydrogen-bond donors (Lipinski definition) is 3. The molecule has 6 aromatic rings. The normalized spacial score (nSPS) is 11.0. The van der Waals surface area contributed by atoms with Crippen LogP contribution in [0.2, 0.25) is 0 Å². The summed E-state index contributed by atoms with van der Waals surface area (Å²) in [5.74, 6) is -1.83. The summed E-state index contributed by atoms with van der Waals surface area (Å²) in [4.78, 5) is 37.5. The van der Waals surface area contributed by atoms with Gasteiger partial charge in [-0.3, -0.25) is 14.2 Å². The highest BCUT2D eigenvalue weighted by Crippen LogP contribution is 2.32. The van der Waals surface area contributed by atoms with Crippen molar-refractivity contribution in [3.8, 4) is 34.1 Å². The number of halogens is 1. The number of aromatic nitrogens is 4. The van der Waals surface area contributed by atoms with Gasteiger partial charge >= 0.3 is 0 Å². The van der Waals surface area contributed by atoms with E-state index in [4.69, 9.17) is 15.7 Å². The zero-order chi connectivity index (χ0) is 29.2. The molecule has 0 saturated carbocycles. The van der Waals surface area contributed by atoms with E-state index in [0.29, 0.717) is 34.7 Å². The van der Waals surface area contributed by atoms with Gasteiger partial charge in [-0.05, 0) is 54.1 Å². The van der Waals surface area contributed by atoms with Gasteiger partial charge in [-0.2, -0.15) is 0 Å². The van der Waals surface area contributed by atoms with Crippen LogP contribution in [-0.4, -0.2) is 36.8 Å². The van der Waals surface area contributed by atoms with Crippen molar-refractivity contribution < 1.29 is 19.1 Å². The molecule has 0 atom stereocenters. The molecular formula is C32H23FN6O3. The summed E-state index contributed by atoms with van der Waals surface area (Å²) in [5, 5.41) is 12.4. The summed E-state index contributed by atoms with van der Waals surface area (Å²) in [6.07, 6.45) is 1.93. The quantitative estimate of drug-likeness (QED) is 0.226. The first-order chi connectivity index (χ1) is 20.4. The van der Waals surface area contributed by atoms with E-state index in [1.54, 1.807) is 12.3 Å². The Kier molecular flexibility index (Phi) is 6.85. The van der Waals surface area contributed by atoms with Gasteiger partial charge < -0.3 is 16.2 Å². The van der Waals surface area contributed by atoms with Gasteiger partial charge in [0, 0.05) is 24.0 Å². The van der Waals surface area contributed by atoms with Crippen LogP contribution in [-0.2, 0) is 6.54 Å². The molecule has 0 fully saturated rings. The van der Waals surface area contributed by atoms with Crippen molar-refractivity contribution in [1.82, 2.24) is 24.8 Å². The molecule has 1 amide bonds. The lowest BCUT2D eigenvalue weighted by Gasteiger charge is -2.12. The second kappa shape index (κ2) is 10.9. The van der Waals surface area contributed by atoms with Crippen molar-refractivity contribution in [2.45, 2.75) is 6.54 Å². The van der Waals surface area contributed by atoms with E-state index in [9.17, 15) is 19.1 Å². The average Bonchev–Trinajstić information content (AvgIpc) is 3.40. The van der Waals surface area contributed by atoms with Gasteiger partial charge in [-0.15, -0.1) is 0 Å². The number of aromatic hydroxyl groups is 1. The van der Waals surface area contributed by atoms with Crippen molar-refractivity contribution >= 4 is 29.2 Å². The Balaban J connectivity index is 1.34. The number of aldehydes is 1. The highest BCUT2D eigenvalue weighted by Gasteiger charge is 2.20. The van der Waals surface area contributed by atoms with E-state index in [-0.39, 0.29) is 17.7 Å². The van der Waals surface area contributed by atoms with E-state index in [1.165, 1.54) is 6.07 Å². The predicted molar refractivity (Wildman–Crippen MR) is 157 cm³/mol. The van der Waals surface area contributed by atoms with Crippen LogP contribution in [0, 0.1) is 5.82 Å². The lowest BCUT2D eigenvalue weighted by molar-refractivity contribution is 0.0945. The molecule has 6 rings (SSSR count). The lowest BCUT2D eigenvalue weighted by Crippen LogP contribution is -2.24. The molecular weight excluding hydrogens is 535 g/mol. The number of anilines is 1. The number of fused-ring (bicyclic) bond motifs is 1. The number of imidazole rings is 1. The van der Waals surface area contributed by atoms with Gasteiger partial charge in [-0.1, -0.05) is 42.5 Å². The number of pyridine rings is 2. The van der Waals surface area contributed by atoms with E-state index < -0.39 is 17.5 Å².